The van der Waals surface area contributed by atoms with E-state index in [9.17, 15) is 9.59 Å². The Balaban J connectivity index is 1.60. The minimum atomic E-state index is -0.738. The van der Waals surface area contributed by atoms with Crippen molar-refractivity contribution in [3.8, 4) is 11.5 Å². The Morgan fingerprint density at radius 1 is 1.10 bits per heavy atom. The van der Waals surface area contributed by atoms with Gasteiger partial charge in [-0.15, -0.1) is 11.3 Å². The first-order valence-electron chi connectivity index (χ1n) is 12.9. The Bertz CT molecular complexity index is 1720. The summed E-state index contributed by atoms with van der Waals surface area (Å²) in [6.45, 7) is 6.38. The Hall–Kier alpha value is -3.95. The summed E-state index contributed by atoms with van der Waals surface area (Å²) in [5.74, 6) is 0.732. The number of methoxy groups -OCH3 is 1. The number of carbonyl (C=O) groups is 1. The molecule has 1 atom stereocenters. The summed E-state index contributed by atoms with van der Waals surface area (Å²) in [5.41, 5.74) is 2.35. The standard InChI is InChI=1S/C31H30N2O5S2/c1-19(2)17-38-30(35)27-20(3)32-31-33(29(34)26(40-31)16-23-11-8-14-39-23)28(27)22-12-13-24(25(15-22)36-4)37-18-21-9-6-5-7-10-21/h5-16,19,28H,17-18H2,1-4H3/b26-16-. The van der Waals surface area contributed by atoms with Crippen LogP contribution < -0.4 is 24.4 Å². The predicted molar refractivity (Wildman–Crippen MR) is 158 cm³/mol. The number of esters is 1. The second-order valence-electron chi connectivity index (χ2n) is 9.77. The molecule has 40 heavy (non-hydrogen) atoms. The van der Waals surface area contributed by atoms with E-state index in [1.54, 1.807) is 29.9 Å². The molecule has 0 spiro atoms. The van der Waals surface area contributed by atoms with Crippen molar-refractivity contribution in [3.63, 3.8) is 0 Å². The third kappa shape index (κ3) is 5.80. The van der Waals surface area contributed by atoms with Gasteiger partial charge in [-0.25, -0.2) is 9.79 Å². The number of thiophene rings is 1. The normalized spacial score (nSPS) is 15.1. The van der Waals surface area contributed by atoms with Gasteiger partial charge in [0.1, 0.15) is 6.61 Å². The number of ether oxygens (including phenoxy) is 3. The molecule has 1 aliphatic rings. The first-order valence-corrected chi connectivity index (χ1v) is 14.6. The fraction of sp³-hybridized carbons (Fsp3) is 0.258. The smallest absolute Gasteiger partial charge is 0.338 e. The van der Waals surface area contributed by atoms with E-state index in [0.717, 1.165) is 10.4 Å². The predicted octanol–water partition coefficient (Wildman–Crippen LogP) is 5.08. The molecule has 0 amide bonds. The molecule has 9 heteroatoms. The zero-order chi connectivity index (χ0) is 28.2. The molecule has 2 aromatic carbocycles. The third-order valence-electron chi connectivity index (χ3n) is 6.35. The molecule has 0 saturated heterocycles. The number of hydrogen-bond acceptors (Lipinski definition) is 8. The number of hydrogen-bond donors (Lipinski definition) is 0. The number of fused-ring (bicyclic) bond motifs is 1. The molecule has 7 nitrogen and oxygen atoms in total. The van der Waals surface area contributed by atoms with Crippen LogP contribution in [0.25, 0.3) is 6.08 Å². The number of aromatic nitrogens is 1. The van der Waals surface area contributed by atoms with Crippen molar-refractivity contribution in [3.05, 3.63) is 113 Å². The Morgan fingerprint density at radius 2 is 1.90 bits per heavy atom. The molecule has 0 radical (unpaired) electrons. The lowest BCUT2D eigenvalue weighted by Crippen LogP contribution is -2.40. The fourth-order valence-corrected chi connectivity index (χ4v) is 6.20. The minimum Gasteiger partial charge on any atom is -0.493 e. The molecule has 0 N–H and O–H groups in total. The summed E-state index contributed by atoms with van der Waals surface area (Å²) in [7, 11) is 1.57. The lowest BCUT2D eigenvalue weighted by atomic mass is 9.95. The molecule has 2 aromatic heterocycles. The van der Waals surface area contributed by atoms with Gasteiger partial charge in [0.05, 0.1) is 35.6 Å². The van der Waals surface area contributed by atoms with Gasteiger partial charge in [0, 0.05) is 4.88 Å². The van der Waals surface area contributed by atoms with Crippen LogP contribution in [0.2, 0.25) is 0 Å². The molecule has 5 rings (SSSR count). The molecule has 1 unspecified atom stereocenters. The van der Waals surface area contributed by atoms with Crippen LogP contribution in [0.1, 0.15) is 42.8 Å². The van der Waals surface area contributed by atoms with E-state index >= 15 is 0 Å². The highest BCUT2D eigenvalue weighted by Gasteiger charge is 2.34. The maximum absolute atomic E-state index is 13.8. The van der Waals surface area contributed by atoms with Crippen molar-refractivity contribution in [2.45, 2.75) is 33.4 Å². The van der Waals surface area contributed by atoms with Crippen LogP contribution in [-0.4, -0.2) is 24.3 Å². The number of benzene rings is 2. The summed E-state index contributed by atoms with van der Waals surface area (Å²) in [4.78, 5) is 33.4. The zero-order valence-electron chi connectivity index (χ0n) is 22.7. The molecule has 0 aliphatic carbocycles. The topological polar surface area (TPSA) is 79.1 Å². The monoisotopic (exact) mass is 574 g/mol. The largest absolute Gasteiger partial charge is 0.493 e. The molecule has 0 saturated carbocycles. The van der Waals surface area contributed by atoms with E-state index < -0.39 is 12.0 Å². The van der Waals surface area contributed by atoms with Crippen LogP contribution in [-0.2, 0) is 16.1 Å². The summed E-state index contributed by atoms with van der Waals surface area (Å²) in [6, 6.07) is 18.5. The SMILES string of the molecule is COc1cc(C2C(C(=O)OCC(C)C)=C(C)N=c3s/c(=C\c4cccs4)c(=O)n32)ccc1OCc1ccccc1. The summed E-state index contributed by atoms with van der Waals surface area (Å²) in [5, 5.41) is 1.96. The Morgan fingerprint density at radius 3 is 2.60 bits per heavy atom. The van der Waals surface area contributed by atoms with E-state index in [4.69, 9.17) is 14.2 Å². The van der Waals surface area contributed by atoms with Gasteiger partial charge in [-0.05, 0) is 53.6 Å². The van der Waals surface area contributed by atoms with Crippen LogP contribution >= 0.6 is 22.7 Å². The molecule has 206 valence electrons. The highest BCUT2D eigenvalue weighted by Crippen LogP contribution is 2.36. The van der Waals surface area contributed by atoms with Crippen molar-refractivity contribution in [2.24, 2.45) is 10.9 Å². The second-order valence-corrected chi connectivity index (χ2v) is 11.8. The van der Waals surface area contributed by atoms with Crippen LogP contribution in [0.5, 0.6) is 11.5 Å². The van der Waals surface area contributed by atoms with Crippen molar-refractivity contribution in [2.75, 3.05) is 13.7 Å². The molecular weight excluding hydrogens is 544 g/mol. The molecule has 0 bridgehead atoms. The van der Waals surface area contributed by atoms with Gasteiger partial charge in [0.25, 0.3) is 5.56 Å². The van der Waals surface area contributed by atoms with Gasteiger partial charge in [0.2, 0.25) is 0 Å². The van der Waals surface area contributed by atoms with Crippen molar-refractivity contribution in [1.82, 2.24) is 4.57 Å². The number of nitrogens with zero attached hydrogens (tertiary/aromatic N) is 2. The number of carbonyl (C=O) groups excluding carboxylic acids is 1. The minimum absolute atomic E-state index is 0.163. The zero-order valence-corrected chi connectivity index (χ0v) is 24.4. The average molecular weight is 575 g/mol. The van der Waals surface area contributed by atoms with Gasteiger partial charge in [-0.2, -0.15) is 0 Å². The average Bonchev–Trinajstić information content (AvgIpc) is 3.58. The maximum atomic E-state index is 13.8. The Kier molecular flexibility index (Phi) is 8.32. The van der Waals surface area contributed by atoms with Crippen LogP contribution in [0, 0.1) is 5.92 Å². The summed E-state index contributed by atoms with van der Waals surface area (Å²) < 4.78 is 19.5. The molecule has 3 heterocycles. The molecule has 0 fully saturated rings. The lowest BCUT2D eigenvalue weighted by molar-refractivity contribution is -0.140. The first-order chi connectivity index (χ1) is 19.4. The second kappa shape index (κ2) is 12.1. The number of rotatable bonds is 9. The van der Waals surface area contributed by atoms with Crippen LogP contribution in [0.15, 0.2) is 87.1 Å². The van der Waals surface area contributed by atoms with E-state index in [-0.39, 0.29) is 18.1 Å². The Labute approximate surface area is 240 Å². The van der Waals surface area contributed by atoms with Gasteiger partial charge >= 0.3 is 5.97 Å². The van der Waals surface area contributed by atoms with Crippen molar-refractivity contribution in [1.29, 1.82) is 0 Å². The molecule has 1 aliphatic heterocycles. The van der Waals surface area contributed by atoms with E-state index in [0.29, 0.717) is 44.3 Å². The van der Waals surface area contributed by atoms with Gasteiger partial charge in [0.15, 0.2) is 16.3 Å². The highest BCUT2D eigenvalue weighted by atomic mass is 32.1. The van der Waals surface area contributed by atoms with Crippen LogP contribution in [0.3, 0.4) is 0 Å². The number of thiazole rings is 1. The van der Waals surface area contributed by atoms with Crippen molar-refractivity contribution < 1.29 is 19.0 Å². The highest BCUT2D eigenvalue weighted by molar-refractivity contribution is 7.11. The molecule has 4 aromatic rings. The van der Waals surface area contributed by atoms with E-state index in [2.05, 4.69) is 4.99 Å². The van der Waals surface area contributed by atoms with Crippen LogP contribution in [0.4, 0.5) is 0 Å². The van der Waals surface area contributed by atoms with Gasteiger partial charge < -0.3 is 14.2 Å². The van der Waals surface area contributed by atoms with E-state index in [1.807, 2.05) is 86.0 Å². The number of allylic oxidation sites excluding steroid dienone is 1. The molecular formula is C31H30N2O5S2. The third-order valence-corrected chi connectivity index (χ3v) is 8.15. The first kappa shape index (κ1) is 27.6. The maximum Gasteiger partial charge on any atom is 0.338 e. The van der Waals surface area contributed by atoms with Crippen molar-refractivity contribution >= 4 is 34.7 Å². The summed E-state index contributed by atoms with van der Waals surface area (Å²) >= 11 is 2.86. The van der Waals surface area contributed by atoms with E-state index in [1.165, 1.54) is 11.3 Å². The quantitative estimate of drug-likeness (QED) is 0.261. The fourth-order valence-electron chi connectivity index (χ4n) is 4.43. The summed E-state index contributed by atoms with van der Waals surface area (Å²) in [6.07, 6.45) is 1.86. The van der Waals surface area contributed by atoms with Gasteiger partial charge in [-0.1, -0.05) is 67.6 Å². The van der Waals surface area contributed by atoms with Gasteiger partial charge in [-0.3, -0.25) is 9.36 Å². The lowest BCUT2D eigenvalue weighted by Gasteiger charge is -2.25.